The highest BCUT2D eigenvalue weighted by Gasteiger charge is 2.15. The zero-order chi connectivity index (χ0) is 12.1. The summed E-state index contributed by atoms with van der Waals surface area (Å²) in [6, 6.07) is 6.62. The molecule has 90 valence electrons. The maximum Gasteiger partial charge on any atom is 0.0402 e. The van der Waals surface area contributed by atoms with Crippen LogP contribution in [0.4, 0.5) is 0 Å². The second kappa shape index (κ2) is 6.30. The zero-order valence-corrected chi connectivity index (χ0v) is 11.6. The third kappa shape index (κ3) is 3.83. The molecule has 1 rings (SSSR count). The average Bonchev–Trinajstić information content (AvgIpc) is 2.23. The van der Waals surface area contributed by atoms with Crippen molar-refractivity contribution in [2.75, 3.05) is 0 Å². The van der Waals surface area contributed by atoms with Gasteiger partial charge in [-0.1, -0.05) is 44.0 Å². The van der Waals surface area contributed by atoms with Gasteiger partial charge in [0, 0.05) is 5.38 Å². The first-order chi connectivity index (χ1) is 7.54. The Morgan fingerprint density at radius 1 is 1.25 bits per heavy atom. The van der Waals surface area contributed by atoms with Gasteiger partial charge < -0.3 is 0 Å². The van der Waals surface area contributed by atoms with Crippen molar-refractivity contribution in [3.8, 4) is 0 Å². The lowest BCUT2D eigenvalue weighted by Gasteiger charge is -2.18. The number of benzene rings is 1. The molecule has 1 aromatic rings. The molecule has 0 amide bonds. The van der Waals surface area contributed by atoms with Crippen LogP contribution in [0.15, 0.2) is 18.2 Å². The monoisotopic (exact) mass is 238 g/mol. The lowest BCUT2D eigenvalue weighted by atomic mass is 9.94. The summed E-state index contributed by atoms with van der Waals surface area (Å²) in [5.41, 5.74) is 4.09. The van der Waals surface area contributed by atoms with Crippen molar-refractivity contribution in [1.82, 2.24) is 0 Å². The van der Waals surface area contributed by atoms with Crippen molar-refractivity contribution < 1.29 is 0 Å². The van der Waals surface area contributed by atoms with E-state index in [1.165, 1.54) is 29.5 Å². The van der Waals surface area contributed by atoms with Crippen LogP contribution < -0.4 is 0 Å². The van der Waals surface area contributed by atoms with Crippen molar-refractivity contribution in [1.29, 1.82) is 0 Å². The lowest BCUT2D eigenvalue weighted by Crippen LogP contribution is -2.15. The average molecular weight is 239 g/mol. The summed E-state index contributed by atoms with van der Waals surface area (Å²) in [5.74, 6) is 0.603. The van der Waals surface area contributed by atoms with E-state index < -0.39 is 0 Å². The summed E-state index contributed by atoms with van der Waals surface area (Å²) in [7, 11) is 0. The van der Waals surface area contributed by atoms with E-state index in [0.29, 0.717) is 5.92 Å². The van der Waals surface area contributed by atoms with Gasteiger partial charge in [-0.25, -0.2) is 0 Å². The number of halogens is 1. The van der Waals surface area contributed by atoms with E-state index in [-0.39, 0.29) is 5.38 Å². The van der Waals surface area contributed by atoms with E-state index in [9.17, 15) is 0 Å². The first-order valence-electron chi connectivity index (χ1n) is 6.24. The summed E-state index contributed by atoms with van der Waals surface area (Å²) < 4.78 is 0. The molecule has 0 heterocycles. The summed E-state index contributed by atoms with van der Waals surface area (Å²) in [5, 5.41) is 0.264. The van der Waals surface area contributed by atoms with Crippen LogP contribution in [0.5, 0.6) is 0 Å². The minimum Gasteiger partial charge on any atom is -0.122 e. The lowest BCUT2D eigenvalue weighted by molar-refractivity contribution is 0.493. The Labute approximate surface area is 105 Å². The van der Waals surface area contributed by atoms with Crippen LogP contribution in [-0.4, -0.2) is 5.38 Å². The minimum absolute atomic E-state index is 0.264. The second-order valence-corrected chi connectivity index (χ2v) is 5.48. The molecule has 0 spiro atoms. The largest absolute Gasteiger partial charge is 0.122 e. The van der Waals surface area contributed by atoms with Gasteiger partial charge >= 0.3 is 0 Å². The number of hydrogen-bond donors (Lipinski definition) is 0. The van der Waals surface area contributed by atoms with Crippen LogP contribution >= 0.6 is 11.6 Å². The fraction of sp³-hybridized carbons (Fsp3) is 0.600. The van der Waals surface area contributed by atoms with Crippen LogP contribution in [0.2, 0.25) is 0 Å². The van der Waals surface area contributed by atoms with Crippen LogP contribution in [0, 0.1) is 19.8 Å². The van der Waals surface area contributed by atoms with Gasteiger partial charge in [-0.3, -0.25) is 0 Å². The van der Waals surface area contributed by atoms with E-state index in [2.05, 4.69) is 45.9 Å². The fourth-order valence-electron chi connectivity index (χ4n) is 2.07. The van der Waals surface area contributed by atoms with Gasteiger partial charge in [-0.05, 0) is 43.7 Å². The highest BCUT2D eigenvalue weighted by atomic mass is 35.5. The normalized spacial score (nSPS) is 14.8. The number of hydrogen-bond acceptors (Lipinski definition) is 0. The van der Waals surface area contributed by atoms with E-state index >= 15 is 0 Å². The molecular weight excluding hydrogens is 216 g/mol. The van der Waals surface area contributed by atoms with E-state index in [1.807, 2.05) is 0 Å². The summed E-state index contributed by atoms with van der Waals surface area (Å²) in [4.78, 5) is 0. The van der Waals surface area contributed by atoms with Gasteiger partial charge in [-0.2, -0.15) is 0 Å². The van der Waals surface area contributed by atoms with Crippen LogP contribution in [0.25, 0.3) is 0 Å². The Morgan fingerprint density at radius 3 is 2.56 bits per heavy atom. The van der Waals surface area contributed by atoms with Crippen molar-refractivity contribution in [2.45, 2.75) is 52.3 Å². The van der Waals surface area contributed by atoms with Crippen molar-refractivity contribution in [3.05, 3.63) is 34.9 Å². The molecule has 0 nitrogen and oxygen atoms in total. The maximum absolute atomic E-state index is 6.47. The third-order valence-electron chi connectivity index (χ3n) is 3.28. The Morgan fingerprint density at radius 2 is 1.94 bits per heavy atom. The molecule has 1 aromatic carbocycles. The Kier molecular flexibility index (Phi) is 5.34. The number of aryl methyl sites for hydroxylation is 2. The molecule has 2 unspecified atom stereocenters. The molecular formula is C15H23Cl. The fourth-order valence-corrected chi connectivity index (χ4v) is 2.36. The van der Waals surface area contributed by atoms with Crippen molar-refractivity contribution >= 4 is 11.6 Å². The van der Waals surface area contributed by atoms with Crippen molar-refractivity contribution in [2.24, 2.45) is 5.92 Å². The summed E-state index contributed by atoms with van der Waals surface area (Å²) in [6.07, 6.45) is 3.44. The standard InChI is InChI=1S/C15H23Cl/c1-5-6-13(4)15(16)10-14-9-11(2)7-8-12(14)3/h7-9,13,15H,5-6,10H2,1-4H3. The van der Waals surface area contributed by atoms with Gasteiger partial charge in [0.15, 0.2) is 0 Å². The molecule has 0 aliphatic heterocycles. The molecule has 0 saturated heterocycles. The van der Waals surface area contributed by atoms with E-state index in [0.717, 1.165) is 6.42 Å². The molecule has 16 heavy (non-hydrogen) atoms. The zero-order valence-electron chi connectivity index (χ0n) is 10.9. The third-order valence-corrected chi connectivity index (χ3v) is 3.87. The quantitative estimate of drug-likeness (QED) is 0.641. The molecule has 0 N–H and O–H groups in total. The molecule has 0 aliphatic carbocycles. The predicted octanol–water partition coefficient (Wildman–Crippen LogP) is 4.89. The molecule has 0 radical (unpaired) electrons. The van der Waals surface area contributed by atoms with Crippen LogP contribution in [0.1, 0.15) is 43.4 Å². The van der Waals surface area contributed by atoms with Gasteiger partial charge in [0.05, 0.1) is 0 Å². The van der Waals surface area contributed by atoms with E-state index in [1.54, 1.807) is 0 Å². The number of rotatable bonds is 5. The molecule has 0 saturated carbocycles. The molecule has 0 bridgehead atoms. The van der Waals surface area contributed by atoms with Crippen molar-refractivity contribution in [3.63, 3.8) is 0 Å². The summed E-state index contributed by atoms with van der Waals surface area (Å²) in [6.45, 7) is 8.79. The van der Waals surface area contributed by atoms with Gasteiger partial charge in [-0.15, -0.1) is 11.6 Å². The van der Waals surface area contributed by atoms with Crippen LogP contribution in [0.3, 0.4) is 0 Å². The Balaban J connectivity index is 2.68. The second-order valence-electron chi connectivity index (χ2n) is 4.92. The van der Waals surface area contributed by atoms with Gasteiger partial charge in [0.2, 0.25) is 0 Å². The van der Waals surface area contributed by atoms with Crippen LogP contribution in [-0.2, 0) is 6.42 Å². The molecule has 1 heteroatoms. The van der Waals surface area contributed by atoms with Gasteiger partial charge in [0.25, 0.3) is 0 Å². The predicted molar refractivity (Wildman–Crippen MR) is 73.3 cm³/mol. The smallest absolute Gasteiger partial charge is 0.0402 e. The molecule has 0 aromatic heterocycles. The SMILES string of the molecule is CCCC(C)C(Cl)Cc1cc(C)ccc1C. The molecule has 0 fully saturated rings. The molecule has 2 atom stereocenters. The molecule has 0 aliphatic rings. The van der Waals surface area contributed by atoms with E-state index in [4.69, 9.17) is 11.6 Å². The Hall–Kier alpha value is -0.490. The minimum atomic E-state index is 0.264. The highest BCUT2D eigenvalue weighted by molar-refractivity contribution is 6.20. The Bertz CT molecular complexity index is 330. The number of alkyl halides is 1. The topological polar surface area (TPSA) is 0 Å². The van der Waals surface area contributed by atoms with Gasteiger partial charge in [0.1, 0.15) is 0 Å². The highest BCUT2D eigenvalue weighted by Crippen LogP contribution is 2.22. The maximum atomic E-state index is 6.47. The first-order valence-corrected chi connectivity index (χ1v) is 6.68. The summed E-state index contributed by atoms with van der Waals surface area (Å²) >= 11 is 6.47. The first kappa shape index (κ1) is 13.6.